The summed E-state index contributed by atoms with van der Waals surface area (Å²) in [5.74, 6) is -0.336. The van der Waals surface area contributed by atoms with Gasteiger partial charge in [-0.05, 0) is 46.4 Å². The smallest absolute Gasteiger partial charge is 0.338 e. The first kappa shape index (κ1) is 16.5. The normalized spacial score (nSPS) is 10.4. The number of halogens is 2. The molecule has 0 bridgehead atoms. The van der Waals surface area contributed by atoms with Gasteiger partial charge in [-0.25, -0.2) is 4.79 Å². The van der Waals surface area contributed by atoms with Crippen LogP contribution in [0.3, 0.4) is 0 Å². The maximum Gasteiger partial charge on any atom is 0.338 e. The van der Waals surface area contributed by atoms with Crippen molar-refractivity contribution in [3.05, 3.63) is 67.7 Å². The van der Waals surface area contributed by atoms with E-state index >= 15 is 0 Å². The molecule has 0 amide bonds. The second-order valence-electron chi connectivity index (χ2n) is 4.33. The maximum absolute atomic E-state index is 11.9. The van der Waals surface area contributed by atoms with E-state index in [2.05, 4.69) is 38.5 Å². The summed E-state index contributed by atoms with van der Waals surface area (Å²) in [6.45, 7) is 1.15. The Kier molecular flexibility index (Phi) is 6.66. The lowest BCUT2D eigenvalue weighted by Gasteiger charge is -2.07. The summed E-state index contributed by atoms with van der Waals surface area (Å²) in [7, 11) is 0. The van der Waals surface area contributed by atoms with Crippen LogP contribution in [0.4, 0.5) is 0 Å². The Bertz CT molecular complexity index is 581. The topological polar surface area (TPSA) is 35.5 Å². The average molecular weight is 461 g/mol. The van der Waals surface area contributed by atoms with Crippen LogP contribution in [0.15, 0.2) is 53.0 Å². The van der Waals surface area contributed by atoms with E-state index in [4.69, 9.17) is 9.47 Å². The summed E-state index contributed by atoms with van der Waals surface area (Å²) in [5, 5.41) is 0. The van der Waals surface area contributed by atoms with Gasteiger partial charge in [0.2, 0.25) is 0 Å². The fourth-order valence-electron chi connectivity index (χ4n) is 1.71. The number of carbonyl (C=O) groups excluding carboxylic acids is 1. The minimum atomic E-state index is -0.336. The third-order valence-electron chi connectivity index (χ3n) is 2.67. The molecule has 0 aliphatic heterocycles. The van der Waals surface area contributed by atoms with Crippen molar-refractivity contribution in [2.75, 3.05) is 13.2 Å². The first-order valence-electron chi connectivity index (χ1n) is 6.40. The Morgan fingerprint density at radius 3 is 2.57 bits per heavy atom. The van der Waals surface area contributed by atoms with Gasteiger partial charge in [-0.15, -0.1) is 0 Å². The molecule has 0 N–H and O–H groups in total. The first-order valence-corrected chi connectivity index (χ1v) is 8.27. The Labute approximate surface area is 145 Å². The molecule has 3 nitrogen and oxygen atoms in total. The largest absolute Gasteiger partial charge is 0.460 e. The van der Waals surface area contributed by atoms with Crippen molar-refractivity contribution in [2.45, 2.75) is 6.61 Å². The zero-order valence-corrected chi connectivity index (χ0v) is 15.0. The molecule has 0 aromatic heterocycles. The van der Waals surface area contributed by atoms with E-state index in [0.717, 1.165) is 13.6 Å². The molecule has 0 aliphatic rings. The van der Waals surface area contributed by atoms with Crippen molar-refractivity contribution in [3.63, 3.8) is 0 Å². The minimum absolute atomic E-state index is 0.245. The summed E-state index contributed by atoms with van der Waals surface area (Å²) in [4.78, 5) is 11.9. The van der Waals surface area contributed by atoms with E-state index in [9.17, 15) is 4.79 Å². The Hall–Kier alpha value is -0.920. The lowest BCUT2D eigenvalue weighted by Crippen LogP contribution is -2.11. The molecule has 0 radical (unpaired) electrons. The second-order valence-corrected chi connectivity index (χ2v) is 6.49. The molecule has 0 saturated carbocycles. The zero-order chi connectivity index (χ0) is 15.1. The SMILES string of the molecule is O=C(OCCOCc1ccccc1)c1cc(Br)cc(I)c1. The Morgan fingerprint density at radius 1 is 1.10 bits per heavy atom. The minimum Gasteiger partial charge on any atom is -0.460 e. The Morgan fingerprint density at radius 2 is 1.86 bits per heavy atom. The van der Waals surface area contributed by atoms with Crippen LogP contribution >= 0.6 is 38.5 Å². The molecule has 2 aromatic rings. The van der Waals surface area contributed by atoms with Crippen LogP contribution < -0.4 is 0 Å². The standard InChI is InChI=1S/C16H14BrIO3/c17-14-8-13(9-15(18)10-14)16(19)21-7-6-20-11-12-4-2-1-3-5-12/h1-5,8-10H,6-7,11H2. The van der Waals surface area contributed by atoms with E-state index in [1.165, 1.54) is 0 Å². The maximum atomic E-state index is 11.9. The number of hydrogen-bond donors (Lipinski definition) is 0. The second kappa shape index (κ2) is 8.51. The molecule has 5 heteroatoms. The quantitative estimate of drug-likeness (QED) is 0.363. The monoisotopic (exact) mass is 460 g/mol. The van der Waals surface area contributed by atoms with Crippen molar-refractivity contribution in [1.29, 1.82) is 0 Å². The summed E-state index contributed by atoms with van der Waals surface area (Å²) in [6.07, 6.45) is 0. The highest BCUT2D eigenvalue weighted by Crippen LogP contribution is 2.18. The summed E-state index contributed by atoms with van der Waals surface area (Å²) < 4.78 is 12.5. The van der Waals surface area contributed by atoms with Gasteiger partial charge in [0.25, 0.3) is 0 Å². The number of ether oxygens (including phenoxy) is 2. The third kappa shape index (κ3) is 5.76. The van der Waals surface area contributed by atoms with Gasteiger partial charge < -0.3 is 9.47 Å². The fraction of sp³-hybridized carbons (Fsp3) is 0.188. The van der Waals surface area contributed by atoms with Crippen molar-refractivity contribution >= 4 is 44.5 Å². The van der Waals surface area contributed by atoms with Crippen LogP contribution in [0.25, 0.3) is 0 Å². The highest BCUT2D eigenvalue weighted by molar-refractivity contribution is 14.1. The lowest BCUT2D eigenvalue weighted by atomic mass is 10.2. The van der Waals surface area contributed by atoms with Gasteiger partial charge in [-0.3, -0.25) is 0 Å². The predicted molar refractivity (Wildman–Crippen MR) is 93.2 cm³/mol. The zero-order valence-electron chi connectivity index (χ0n) is 11.2. The number of carbonyl (C=O) groups is 1. The molecule has 0 unspecified atom stereocenters. The summed E-state index contributed by atoms with van der Waals surface area (Å²) in [6, 6.07) is 15.4. The van der Waals surface area contributed by atoms with Gasteiger partial charge >= 0.3 is 5.97 Å². The summed E-state index contributed by atoms with van der Waals surface area (Å²) in [5.41, 5.74) is 1.64. The van der Waals surface area contributed by atoms with Gasteiger partial charge in [0.1, 0.15) is 6.61 Å². The van der Waals surface area contributed by atoms with Crippen LogP contribution in [-0.4, -0.2) is 19.2 Å². The van der Waals surface area contributed by atoms with Crippen LogP contribution in [0.5, 0.6) is 0 Å². The average Bonchev–Trinajstić information content (AvgIpc) is 2.47. The molecule has 2 aromatic carbocycles. The highest BCUT2D eigenvalue weighted by Gasteiger charge is 2.08. The molecule has 110 valence electrons. The number of rotatable bonds is 6. The van der Waals surface area contributed by atoms with Crippen LogP contribution in [0.2, 0.25) is 0 Å². The van der Waals surface area contributed by atoms with Crippen molar-refractivity contribution in [1.82, 2.24) is 0 Å². The Balaban J connectivity index is 1.72. The van der Waals surface area contributed by atoms with E-state index in [1.807, 2.05) is 36.4 Å². The van der Waals surface area contributed by atoms with Crippen LogP contribution in [0, 0.1) is 3.57 Å². The molecule has 0 fully saturated rings. The van der Waals surface area contributed by atoms with Crippen molar-refractivity contribution in [2.24, 2.45) is 0 Å². The fourth-order valence-corrected chi connectivity index (χ4v) is 3.30. The van der Waals surface area contributed by atoms with Crippen LogP contribution in [0.1, 0.15) is 15.9 Å². The van der Waals surface area contributed by atoms with Gasteiger partial charge in [0.15, 0.2) is 0 Å². The molecular weight excluding hydrogens is 447 g/mol. The first-order chi connectivity index (χ1) is 10.1. The van der Waals surface area contributed by atoms with E-state index in [-0.39, 0.29) is 12.6 Å². The van der Waals surface area contributed by atoms with Gasteiger partial charge in [-0.1, -0.05) is 46.3 Å². The van der Waals surface area contributed by atoms with Gasteiger partial charge in [0.05, 0.1) is 18.8 Å². The number of esters is 1. The van der Waals surface area contributed by atoms with Gasteiger partial charge in [0, 0.05) is 8.04 Å². The van der Waals surface area contributed by atoms with Gasteiger partial charge in [-0.2, -0.15) is 0 Å². The molecule has 0 heterocycles. The number of benzene rings is 2. The van der Waals surface area contributed by atoms with Crippen LogP contribution in [-0.2, 0) is 16.1 Å². The van der Waals surface area contributed by atoms with Crippen molar-refractivity contribution in [3.8, 4) is 0 Å². The van der Waals surface area contributed by atoms with E-state index < -0.39 is 0 Å². The summed E-state index contributed by atoms with van der Waals surface area (Å²) >= 11 is 5.52. The molecule has 0 spiro atoms. The molecule has 0 atom stereocenters. The molecule has 0 saturated heterocycles. The molecule has 21 heavy (non-hydrogen) atoms. The van der Waals surface area contributed by atoms with Crippen molar-refractivity contribution < 1.29 is 14.3 Å². The van der Waals surface area contributed by atoms with E-state index in [0.29, 0.717) is 18.8 Å². The highest BCUT2D eigenvalue weighted by atomic mass is 127. The third-order valence-corrected chi connectivity index (χ3v) is 3.75. The van der Waals surface area contributed by atoms with E-state index in [1.54, 1.807) is 12.1 Å². The lowest BCUT2D eigenvalue weighted by molar-refractivity contribution is 0.0288. The number of hydrogen-bond acceptors (Lipinski definition) is 3. The molecule has 0 aliphatic carbocycles. The molecular formula is C16H14BrIO3. The predicted octanol–water partition coefficient (Wildman–Crippen LogP) is 4.43. The molecule has 2 rings (SSSR count).